The van der Waals surface area contributed by atoms with Crippen LogP contribution in [0.2, 0.25) is 0 Å². The van der Waals surface area contributed by atoms with Gasteiger partial charge in [0.1, 0.15) is 10.2 Å². The highest BCUT2D eigenvalue weighted by Gasteiger charge is 2.15. The Morgan fingerprint density at radius 2 is 2.00 bits per heavy atom. The summed E-state index contributed by atoms with van der Waals surface area (Å²) in [7, 11) is 0. The Bertz CT molecular complexity index is 500. The Labute approximate surface area is 132 Å². The summed E-state index contributed by atoms with van der Waals surface area (Å²) >= 11 is 3.27. The number of amides is 2. The lowest BCUT2D eigenvalue weighted by molar-refractivity contribution is -0.121. The maximum absolute atomic E-state index is 11.6. The lowest BCUT2D eigenvalue weighted by atomic mass is 10.2. The second-order valence-electron chi connectivity index (χ2n) is 5.41. The molecule has 0 unspecified atom stereocenters. The zero-order chi connectivity index (χ0) is 15.9. The van der Waals surface area contributed by atoms with Crippen LogP contribution in [0.4, 0.5) is 4.79 Å². The number of nitrogens with one attached hydrogen (secondary N) is 2. The van der Waals surface area contributed by atoms with Crippen molar-refractivity contribution in [2.24, 2.45) is 0 Å². The predicted octanol–water partition coefficient (Wildman–Crippen LogP) is 2.38. The molecule has 1 rings (SSSR count). The molecule has 0 saturated carbocycles. The molecular formula is C14H20BrN3O3. The van der Waals surface area contributed by atoms with Crippen molar-refractivity contribution >= 4 is 27.9 Å². The number of halogens is 1. The van der Waals surface area contributed by atoms with Crippen LogP contribution >= 0.6 is 15.9 Å². The van der Waals surface area contributed by atoms with Crippen molar-refractivity contribution in [2.45, 2.75) is 39.3 Å². The van der Waals surface area contributed by atoms with Crippen molar-refractivity contribution in [3.63, 3.8) is 0 Å². The van der Waals surface area contributed by atoms with Crippen LogP contribution in [0.1, 0.15) is 32.9 Å². The quantitative estimate of drug-likeness (QED) is 0.792. The van der Waals surface area contributed by atoms with Crippen LogP contribution in [0.15, 0.2) is 22.8 Å². The van der Waals surface area contributed by atoms with Gasteiger partial charge in [-0.1, -0.05) is 6.07 Å². The molecule has 2 amide bonds. The highest BCUT2D eigenvalue weighted by atomic mass is 79.9. The number of nitrogens with zero attached hydrogens (tertiary/aromatic N) is 1. The fraction of sp³-hybridized carbons (Fsp3) is 0.500. The molecule has 0 aliphatic heterocycles. The van der Waals surface area contributed by atoms with Crippen LogP contribution < -0.4 is 10.6 Å². The largest absolute Gasteiger partial charge is 0.444 e. The minimum Gasteiger partial charge on any atom is -0.444 e. The number of hydrogen-bond donors (Lipinski definition) is 2. The molecular weight excluding hydrogens is 338 g/mol. The second-order valence-corrected chi connectivity index (χ2v) is 6.22. The molecule has 0 saturated heterocycles. The number of pyridine rings is 1. The van der Waals surface area contributed by atoms with Crippen molar-refractivity contribution in [1.29, 1.82) is 0 Å². The number of rotatable bonds is 5. The van der Waals surface area contributed by atoms with E-state index in [1.165, 1.54) is 0 Å². The highest BCUT2D eigenvalue weighted by molar-refractivity contribution is 9.10. The summed E-state index contributed by atoms with van der Waals surface area (Å²) < 4.78 is 5.79. The average molecular weight is 358 g/mol. The van der Waals surface area contributed by atoms with E-state index in [1.54, 1.807) is 20.8 Å². The number of aromatic nitrogens is 1. The molecule has 0 bridgehead atoms. The van der Waals surface area contributed by atoms with Crippen LogP contribution in [0.25, 0.3) is 0 Å². The van der Waals surface area contributed by atoms with Gasteiger partial charge in [-0.25, -0.2) is 9.78 Å². The van der Waals surface area contributed by atoms with E-state index in [1.807, 2.05) is 18.2 Å². The van der Waals surface area contributed by atoms with Gasteiger partial charge < -0.3 is 15.4 Å². The summed E-state index contributed by atoms with van der Waals surface area (Å²) in [5.41, 5.74) is 0.219. The monoisotopic (exact) mass is 357 g/mol. The van der Waals surface area contributed by atoms with Crippen LogP contribution in [0, 0.1) is 0 Å². The molecule has 0 aliphatic carbocycles. The lowest BCUT2D eigenvalue weighted by Crippen LogP contribution is -2.35. The third-order valence-corrected chi connectivity index (χ3v) is 2.70. The molecule has 1 aromatic heterocycles. The first-order valence-electron chi connectivity index (χ1n) is 6.61. The number of ether oxygens (including phenoxy) is 1. The minimum absolute atomic E-state index is 0.159. The van der Waals surface area contributed by atoms with Gasteiger partial charge in [0, 0.05) is 13.0 Å². The van der Waals surface area contributed by atoms with E-state index in [0.717, 1.165) is 10.3 Å². The Morgan fingerprint density at radius 3 is 2.62 bits per heavy atom. The summed E-state index contributed by atoms with van der Waals surface area (Å²) in [6.45, 7) is 5.93. The molecule has 116 valence electrons. The van der Waals surface area contributed by atoms with Crippen molar-refractivity contribution in [3.8, 4) is 0 Å². The molecule has 1 aromatic rings. The van der Waals surface area contributed by atoms with Gasteiger partial charge in [-0.2, -0.15) is 0 Å². The standard InChI is InChI=1S/C14H20BrN3O3/c1-14(2,3)21-13(20)16-8-7-12(19)17-9-10-5-4-6-11(15)18-10/h4-6H,7-9H2,1-3H3,(H,16,20)(H,17,19). The van der Waals surface area contributed by atoms with Gasteiger partial charge >= 0.3 is 6.09 Å². The van der Waals surface area contributed by atoms with E-state index < -0.39 is 11.7 Å². The fourth-order valence-corrected chi connectivity index (χ4v) is 1.80. The van der Waals surface area contributed by atoms with Crippen LogP contribution in [0.5, 0.6) is 0 Å². The first-order valence-corrected chi connectivity index (χ1v) is 7.40. The van der Waals surface area contributed by atoms with Crippen LogP contribution in [-0.2, 0) is 16.1 Å². The van der Waals surface area contributed by atoms with E-state index in [2.05, 4.69) is 31.5 Å². The van der Waals surface area contributed by atoms with Gasteiger partial charge in [-0.15, -0.1) is 0 Å². The fourth-order valence-electron chi connectivity index (χ4n) is 1.42. The summed E-state index contributed by atoms with van der Waals surface area (Å²) in [6.07, 6.45) is -0.336. The van der Waals surface area contributed by atoms with Crippen LogP contribution in [-0.4, -0.2) is 29.1 Å². The molecule has 2 N–H and O–H groups in total. The Kier molecular flexibility index (Phi) is 6.61. The van der Waals surface area contributed by atoms with Gasteiger partial charge in [0.05, 0.1) is 12.2 Å². The van der Waals surface area contributed by atoms with E-state index in [0.29, 0.717) is 6.54 Å². The topological polar surface area (TPSA) is 80.3 Å². The highest BCUT2D eigenvalue weighted by Crippen LogP contribution is 2.07. The lowest BCUT2D eigenvalue weighted by Gasteiger charge is -2.19. The maximum Gasteiger partial charge on any atom is 0.407 e. The number of carbonyl (C=O) groups is 2. The van der Waals surface area contributed by atoms with Crippen molar-refractivity contribution in [1.82, 2.24) is 15.6 Å². The van der Waals surface area contributed by atoms with Gasteiger partial charge in [0.2, 0.25) is 5.91 Å². The Hall–Kier alpha value is -1.63. The van der Waals surface area contributed by atoms with Gasteiger partial charge in [0.25, 0.3) is 0 Å². The molecule has 1 heterocycles. The number of alkyl carbamates (subject to hydrolysis) is 1. The second kappa shape index (κ2) is 7.97. The molecule has 6 nitrogen and oxygen atoms in total. The molecule has 0 radical (unpaired) electrons. The van der Waals surface area contributed by atoms with Gasteiger partial charge in [-0.3, -0.25) is 4.79 Å². The molecule has 0 fully saturated rings. The molecule has 7 heteroatoms. The SMILES string of the molecule is CC(C)(C)OC(=O)NCCC(=O)NCc1cccc(Br)n1. The predicted molar refractivity (Wildman–Crippen MR) is 82.6 cm³/mol. The Morgan fingerprint density at radius 1 is 1.29 bits per heavy atom. The normalized spacial score (nSPS) is 10.9. The molecule has 0 atom stereocenters. The van der Waals surface area contributed by atoms with E-state index >= 15 is 0 Å². The van der Waals surface area contributed by atoms with E-state index in [4.69, 9.17) is 4.74 Å². The summed E-state index contributed by atoms with van der Waals surface area (Å²) in [5, 5.41) is 5.27. The molecule has 0 aliphatic rings. The molecule has 0 spiro atoms. The van der Waals surface area contributed by atoms with Crippen molar-refractivity contribution in [2.75, 3.05) is 6.54 Å². The third kappa shape index (κ3) is 8.29. The first-order chi connectivity index (χ1) is 9.76. The molecule has 0 aromatic carbocycles. The zero-order valence-electron chi connectivity index (χ0n) is 12.4. The maximum atomic E-state index is 11.6. The van der Waals surface area contributed by atoms with Gasteiger partial charge in [0.15, 0.2) is 0 Å². The van der Waals surface area contributed by atoms with E-state index in [9.17, 15) is 9.59 Å². The smallest absolute Gasteiger partial charge is 0.407 e. The summed E-state index contributed by atoms with van der Waals surface area (Å²) in [4.78, 5) is 27.2. The molecule has 21 heavy (non-hydrogen) atoms. The number of hydrogen-bond acceptors (Lipinski definition) is 4. The average Bonchev–Trinajstić information content (AvgIpc) is 2.34. The number of carbonyl (C=O) groups excluding carboxylic acids is 2. The van der Waals surface area contributed by atoms with Gasteiger partial charge in [-0.05, 0) is 48.8 Å². The summed E-state index contributed by atoms with van der Waals surface area (Å²) in [6, 6.07) is 5.49. The van der Waals surface area contributed by atoms with Crippen LogP contribution in [0.3, 0.4) is 0 Å². The third-order valence-electron chi connectivity index (χ3n) is 2.26. The Balaban J connectivity index is 2.21. The van der Waals surface area contributed by atoms with Crippen molar-refractivity contribution in [3.05, 3.63) is 28.5 Å². The zero-order valence-corrected chi connectivity index (χ0v) is 14.0. The first kappa shape index (κ1) is 17.4. The van der Waals surface area contributed by atoms with Crippen molar-refractivity contribution < 1.29 is 14.3 Å². The summed E-state index contributed by atoms with van der Waals surface area (Å²) in [5.74, 6) is -0.159. The minimum atomic E-state index is -0.543. The van der Waals surface area contributed by atoms with E-state index in [-0.39, 0.29) is 18.9 Å².